The molecule has 1 aliphatic carbocycles. The molecule has 1 saturated carbocycles. The Kier molecular flexibility index (Phi) is 4.89. The van der Waals surface area contributed by atoms with Crippen LogP contribution in [0, 0.1) is 29.6 Å². The number of rotatable bonds is 5. The molecule has 0 bridgehead atoms. The van der Waals surface area contributed by atoms with E-state index in [1.165, 1.54) is 19.3 Å². The van der Waals surface area contributed by atoms with Crippen molar-refractivity contribution in [1.29, 1.82) is 0 Å². The van der Waals surface area contributed by atoms with Crippen molar-refractivity contribution in [1.82, 2.24) is 0 Å². The molecule has 0 aromatic heterocycles. The molecule has 1 rings (SSSR count). The molecule has 0 aliphatic heterocycles. The van der Waals surface area contributed by atoms with Crippen LogP contribution in [0.15, 0.2) is 12.2 Å². The molecule has 0 saturated heterocycles. The van der Waals surface area contributed by atoms with Crippen LogP contribution in [0.3, 0.4) is 0 Å². The normalized spacial score (nSPS) is 31.5. The highest BCUT2D eigenvalue weighted by Gasteiger charge is 2.42. The SMILES string of the molecule is CCCC=CC1CC(C(C)C)C1C(C)C. The van der Waals surface area contributed by atoms with Crippen molar-refractivity contribution < 1.29 is 0 Å². The van der Waals surface area contributed by atoms with Crippen molar-refractivity contribution in [3.8, 4) is 0 Å². The van der Waals surface area contributed by atoms with Gasteiger partial charge in [-0.15, -0.1) is 0 Å². The van der Waals surface area contributed by atoms with E-state index in [1.54, 1.807) is 0 Å². The lowest BCUT2D eigenvalue weighted by Crippen LogP contribution is -2.41. The molecule has 3 atom stereocenters. The van der Waals surface area contributed by atoms with Crippen molar-refractivity contribution in [2.75, 3.05) is 0 Å². The third-order valence-corrected chi connectivity index (χ3v) is 4.00. The first-order chi connectivity index (χ1) is 7.07. The van der Waals surface area contributed by atoms with Gasteiger partial charge in [-0.3, -0.25) is 0 Å². The first kappa shape index (κ1) is 12.8. The van der Waals surface area contributed by atoms with Crippen LogP contribution in [-0.4, -0.2) is 0 Å². The molecular weight excluding hydrogens is 180 g/mol. The van der Waals surface area contributed by atoms with Crippen LogP contribution >= 0.6 is 0 Å². The molecule has 3 unspecified atom stereocenters. The van der Waals surface area contributed by atoms with Crippen LogP contribution in [0.5, 0.6) is 0 Å². The number of hydrogen-bond donors (Lipinski definition) is 0. The second kappa shape index (κ2) is 5.72. The van der Waals surface area contributed by atoms with E-state index in [4.69, 9.17) is 0 Å². The Labute approximate surface area is 96.2 Å². The maximum atomic E-state index is 2.49. The van der Waals surface area contributed by atoms with Gasteiger partial charge in [0.05, 0.1) is 0 Å². The highest BCUT2D eigenvalue weighted by Crippen LogP contribution is 2.49. The van der Waals surface area contributed by atoms with E-state index in [2.05, 4.69) is 46.8 Å². The van der Waals surface area contributed by atoms with E-state index >= 15 is 0 Å². The van der Waals surface area contributed by atoms with Gasteiger partial charge in [0.1, 0.15) is 0 Å². The van der Waals surface area contributed by atoms with Crippen molar-refractivity contribution in [3.63, 3.8) is 0 Å². The van der Waals surface area contributed by atoms with E-state index < -0.39 is 0 Å². The second-order valence-corrected chi connectivity index (χ2v) is 5.85. The quantitative estimate of drug-likeness (QED) is 0.563. The molecule has 0 aromatic carbocycles. The molecule has 0 heterocycles. The number of hydrogen-bond acceptors (Lipinski definition) is 0. The molecular formula is C15H28. The van der Waals surface area contributed by atoms with Gasteiger partial charge in [0, 0.05) is 0 Å². The van der Waals surface area contributed by atoms with Crippen LogP contribution in [0.1, 0.15) is 53.9 Å². The predicted molar refractivity (Wildman–Crippen MR) is 68.8 cm³/mol. The summed E-state index contributed by atoms with van der Waals surface area (Å²) in [6.45, 7) is 11.8. The van der Waals surface area contributed by atoms with Crippen LogP contribution in [0.2, 0.25) is 0 Å². The minimum absolute atomic E-state index is 0.849. The molecule has 0 heteroatoms. The van der Waals surface area contributed by atoms with Gasteiger partial charge in [-0.05, 0) is 42.4 Å². The largest absolute Gasteiger partial charge is 0.0883 e. The fourth-order valence-corrected chi connectivity index (χ4v) is 3.10. The van der Waals surface area contributed by atoms with Crippen LogP contribution in [0.25, 0.3) is 0 Å². The van der Waals surface area contributed by atoms with Gasteiger partial charge in [0.25, 0.3) is 0 Å². The molecule has 0 N–H and O–H groups in total. The molecule has 15 heavy (non-hydrogen) atoms. The molecule has 0 nitrogen and oxygen atoms in total. The van der Waals surface area contributed by atoms with Crippen molar-refractivity contribution >= 4 is 0 Å². The average Bonchev–Trinajstić information content (AvgIpc) is 2.07. The Hall–Kier alpha value is -0.260. The third-order valence-electron chi connectivity index (χ3n) is 4.00. The first-order valence-corrected chi connectivity index (χ1v) is 6.74. The maximum absolute atomic E-state index is 2.49. The summed E-state index contributed by atoms with van der Waals surface area (Å²) < 4.78 is 0. The van der Waals surface area contributed by atoms with Gasteiger partial charge < -0.3 is 0 Å². The Balaban J connectivity index is 2.48. The van der Waals surface area contributed by atoms with Crippen molar-refractivity contribution in [2.45, 2.75) is 53.9 Å². The Morgan fingerprint density at radius 1 is 1.13 bits per heavy atom. The predicted octanol–water partition coefficient (Wildman–Crippen LogP) is 4.91. The minimum Gasteiger partial charge on any atom is -0.0883 e. The number of unbranched alkanes of at least 4 members (excludes halogenated alkanes) is 1. The zero-order valence-corrected chi connectivity index (χ0v) is 11.2. The van der Waals surface area contributed by atoms with Crippen LogP contribution < -0.4 is 0 Å². The molecule has 88 valence electrons. The van der Waals surface area contributed by atoms with Gasteiger partial charge in [-0.1, -0.05) is 53.2 Å². The highest BCUT2D eigenvalue weighted by molar-refractivity contribution is 5.02. The van der Waals surface area contributed by atoms with Gasteiger partial charge in [-0.25, -0.2) is 0 Å². The minimum atomic E-state index is 0.849. The Morgan fingerprint density at radius 3 is 2.27 bits per heavy atom. The van der Waals surface area contributed by atoms with Crippen molar-refractivity contribution in [3.05, 3.63) is 12.2 Å². The standard InChI is InChI=1S/C15H28/c1-6-7-8-9-13-10-14(11(2)3)15(13)12(4)5/h8-9,11-15H,6-7,10H2,1-5H3. The molecule has 0 aromatic rings. The molecule has 0 spiro atoms. The van der Waals surface area contributed by atoms with Gasteiger partial charge >= 0.3 is 0 Å². The van der Waals surface area contributed by atoms with E-state index in [0.29, 0.717) is 0 Å². The fraction of sp³-hybridized carbons (Fsp3) is 0.867. The number of allylic oxidation sites excluding steroid dienone is 2. The van der Waals surface area contributed by atoms with Gasteiger partial charge in [0.2, 0.25) is 0 Å². The lowest BCUT2D eigenvalue weighted by atomic mass is 9.57. The van der Waals surface area contributed by atoms with Gasteiger partial charge in [0.15, 0.2) is 0 Å². The molecule has 1 aliphatic rings. The lowest BCUT2D eigenvalue weighted by Gasteiger charge is -2.48. The fourth-order valence-electron chi connectivity index (χ4n) is 3.10. The summed E-state index contributed by atoms with van der Waals surface area (Å²) >= 11 is 0. The van der Waals surface area contributed by atoms with E-state index in [9.17, 15) is 0 Å². The zero-order chi connectivity index (χ0) is 11.4. The highest BCUT2D eigenvalue weighted by atomic mass is 14.5. The summed E-state index contributed by atoms with van der Waals surface area (Å²) in [4.78, 5) is 0. The van der Waals surface area contributed by atoms with Crippen LogP contribution in [0.4, 0.5) is 0 Å². The van der Waals surface area contributed by atoms with Gasteiger partial charge in [-0.2, -0.15) is 0 Å². The topological polar surface area (TPSA) is 0 Å². The van der Waals surface area contributed by atoms with E-state index in [0.717, 1.165) is 29.6 Å². The average molecular weight is 208 g/mol. The molecule has 0 radical (unpaired) electrons. The summed E-state index contributed by atoms with van der Waals surface area (Å²) in [6.07, 6.45) is 8.86. The maximum Gasteiger partial charge on any atom is -0.0197 e. The summed E-state index contributed by atoms with van der Waals surface area (Å²) in [7, 11) is 0. The van der Waals surface area contributed by atoms with E-state index in [1.807, 2.05) is 0 Å². The zero-order valence-electron chi connectivity index (χ0n) is 11.2. The second-order valence-electron chi connectivity index (χ2n) is 5.85. The molecule has 1 fully saturated rings. The summed E-state index contributed by atoms with van der Waals surface area (Å²) in [6, 6.07) is 0. The summed E-state index contributed by atoms with van der Waals surface area (Å²) in [5.74, 6) is 4.51. The van der Waals surface area contributed by atoms with Crippen molar-refractivity contribution in [2.24, 2.45) is 29.6 Å². The van der Waals surface area contributed by atoms with E-state index in [-0.39, 0.29) is 0 Å². The smallest absolute Gasteiger partial charge is 0.0197 e. The van der Waals surface area contributed by atoms with Crippen LogP contribution in [-0.2, 0) is 0 Å². The lowest BCUT2D eigenvalue weighted by molar-refractivity contribution is 0.0276. The monoisotopic (exact) mass is 208 g/mol. The third kappa shape index (κ3) is 3.09. The first-order valence-electron chi connectivity index (χ1n) is 6.74. The molecule has 0 amide bonds. The Morgan fingerprint density at radius 2 is 1.80 bits per heavy atom. The summed E-state index contributed by atoms with van der Waals surface area (Å²) in [5, 5.41) is 0. The summed E-state index contributed by atoms with van der Waals surface area (Å²) in [5.41, 5.74) is 0. The Bertz CT molecular complexity index is 200.